The molecule has 0 aliphatic carbocycles. The Morgan fingerprint density at radius 2 is 1.44 bits per heavy atom. The first-order valence-corrected chi connectivity index (χ1v) is 6.79. The summed E-state index contributed by atoms with van der Waals surface area (Å²) in [7, 11) is 0. The predicted octanol–water partition coefficient (Wildman–Crippen LogP) is 1.84. The standard InChI is InChI=1S/C8H15.Sn.3H/c1-4-7-8(5-2)6-3;;;;/h4-6H2,1-3H3;;;;. The van der Waals surface area contributed by atoms with Gasteiger partial charge in [-0.2, -0.15) is 0 Å². The van der Waals surface area contributed by atoms with Crippen LogP contribution >= 0.6 is 0 Å². The van der Waals surface area contributed by atoms with Crippen LogP contribution in [0.5, 0.6) is 0 Å². The molecule has 0 aromatic rings. The van der Waals surface area contributed by atoms with Gasteiger partial charge in [-0.15, -0.1) is 0 Å². The van der Waals surface area contributed by atoms with Gasteiger partial charge in [0.2, 0.25) is 0 Å². The van der Waals surface area contributed by atoms with E-state index in [0.29, 0.717) is 0 Å². The molecule has 0 aliphatic rings. The van der Waals surface area contributed by atoms with Gasteiger partial charge in [0.1, 0.15) is 0 Å². The van der Waals surface area contributed by atoms with E-state index in [1.54, 1.807) is 9.16 Å². The molecule has 54 valence electrons. The second-order valence-corrected chi connectivity index (χ2v) is 5.89. The minimum absolute atomic E-state index is 0.777. The van der Waals surface area contributed by atoms with Crippen molar-refractivity contribution in [2.45, 2.75) is 40.0 Å². The van der Waals surface area contributed by atoms with E-state index in [9.17, 15) is 0 Å². The average molecular weight is 233 g/mol. The zero-order valence-electron chi connectivity index (χ0n) is 7.12. The van der Waals surface area contributed by atoms with Crippen LogP contribution in [0.25, 0.3) is 0 Å². The van der Waals surface area contributed by atoms with Crippen LogP contribution in [0.1, 0.15) is 40.0 Å². The Hall–Kier alpha value is 0.539. The normalized spacial score (nSPS) is 9.67. The molecule has 0 aromatic heterocycles. The van der Waals surface area contributed by atoms with Crippen molar-refractivity contribution >= 4 is 22.5 Å². The van der Waals surface area contributed by atoms with Gasteiger partial charge < -0.3 is 0 Å². The Bertz CT molecular complexity index is 97.1. The third kappa shape index (κ3) is 3.29. The van der Waals surface area contributed by atoms with E-state index >= 15 is 0 Å². The van der Waals surface area contributed by atoms with E-state index in [2.05, 4.69) is 20.8 Å². The average Bonchev–Trinajstić information content (AvgIpc) is 1.90. The molecule has 0 rings (SSSR count). The SMILES string of the molecule is CC[C]([SnH3])=C(CC)CC. The van der Waals surface area contributed by atoms with Gasteiger partial charge in [0.25, 0.3) is 0 Å². The zero-order valence-corrected chi connectivity index (χ0v) is 12.8. The molecule has 0 aromatic carbocycles. The fourth-order valence-corrected chi connectivity index (χ4v) is 3.12. The summed E-state index contributed by atoms with van der Waals surface area (Å²) in [5.41, 5.74) is 1.73. The molecule has 1 heteroatoms. The Morgan fingerprint density at radius 3 is 1.56 bits per heavy atom. The Morgan fingerprint density at radius 1 is 1.00 bits per heavy atom. The summed E-state index contributed by atoms with van der Waals surface area (Å²) in [6, 6.07) is 0. The maximum absolute atomic E-state index is 2.28. The van der Waals surface area contributed by atoms with Gasteiger partial charge in [0.15, 0.2) is 0 Å². The molecule has 0 amide bonds. The van der Waals surface area contributed by atoms with Crippen LogP contribution in [0.15, 0.2) is 9.16 Å². The summed E-state index contributed by atoms with van der Waals surface area (Å²) < 4.78 is 1.79. The molecule has 9 heavy (non-hydrogen) atoms. The molecule has 0 radical (unpaired) electrons. The van der Waals surface area contributed by atoms with Crippen molar-refractivity contribution in [3.05, 3.63) is 9.16 Å². The second kappa shape index (κ2) is 5.33. The fourth-order valence-electron chi connectivity index (χ4n) is 1.10. The molecule has 0 unspecified atom stereocenters. The third-order valence-electron chi connectivity index (χ3n) is 1.99. The quantitative estimate of drug-likeness (QED) is 0.652. The summed E-state index contributed by atoms with van der Waals surface area (Å²) in [4.78, 5) is 0. The Balaban J connectivity index is 4.01. The summed E-state index contributed by atoms with van der Waals surface area (Å²) in [6.07, 6.45) is 3.88. The van der Waals surface area contributed by atoms with E-state index in [-0.39, 0.29) is 0 Å². The van der Waals surface area contributed by atoms with Crippen molar-refractivity contribution in [3.63, 3.8) is 0 Å². The topological polar surface area (TPSA) is 0 Å². The molecule has 0 N–H and O–H groups in total. The van der Waals surface area contributed by atoms with Crippen LogP contribution in [-0.4, -0.2) is 22.5 Å². The van der Waals surface area contributed by atoms with Crippen LogP contribution in [0.3, 0.4) is 0 Å². The van der Waals surface area contributed by atoms with Crippen molar-refractivity contribution in [2.24, 2.45) is 0 Å². The van der Waals surface area contributed by atoms with E-state index < -0.39 is 0 Å². The zero-order chi connectivity index (χ0) is 7.28. The number of hydrogen-bond donors (Lipinski definition) is 0. The molecule has 0 fully saturated rings. The van der Waals surface area contributed by atoms with E-state index in [1.165, 1.54) is 19.3 Å². The van der Waals surface area contributed by atoms with Gasteiger partial charge in [-0.05, 0) is 0 Å². The molecule has 0 aliphatic heterocycles. The van der Waals surface area contributed by atoms with Crippen LogP contribution in [0, 0.1) is 0 Å². The Labute approximate surface area is 71.8 Å². The van der Waals surface area contributed by atoms with E-state index in [0.717, 1.165) is 22.5 Å². The van der Waals surface area contributed by atoms with Crippen LogP contribution in [0.2, 0.25) is 0 Å². The molecule has 0 spiro atoms. The number of rotatable bonds is 3. The van der Waals surface area contributed by atoms with E-state index in [4.69, 9.17) is 0 Å². The second-order valence-electron chi connectivity index (χ2n) is 2.44. The maximum atomic E-state index is 2.28. The van der Waals surface area contributed by atoms with Crippen molar-refractivity contribution < 1.29 is 0 Å². The Kier molecular flexibility index (Phi) is 5.65. The first-order chi connectivity index (χ1) is 4.26. The van der Waals surface area contributed by atoms with Crippen LogP contribution in [-0.2, 0) is 0 Å². The third-order valence-corrected chi connectivity index (χ3v) is 6.02. The van der Waals surface area contributed by atoms with Gasteiger partial charge in [0, 0.05) is 0 Å². The molecule has 0 saturated heterocycles. The summed E-state index contributed by atoms with van der Waals surface area (Å²) in [5.74, 6) is 0. The molecule has 0 bridgehead atoms. The van der Waals surface area contributed by atoms with E-state index in [1.807, 2.05) is 0 Å². The fraction of sp³-hybridized carbons (Fsp3) is 0.750. The van der Waals surface area contributed by atoms with Crippen LogP contribution in [0.4, 0.5) is 0 Å². The van der Waals surface area contributed by atoms with Gasteiger partial charge in [-0.3, -0.25) is 0 Å². The monoisotopic (exact) mass is 234 g/mol. The van der Waals surface area contributed by atoms with Crippen molar-refractivity contribution in [2.75, 3.05) is 0 Å². The molecule has 0 heterocycles. The summed E-state index contributed by atoms with van der Waals surface area (Å²) >= 11 is 0.777. The first-order valence-electron chi connectivity index (χ1n) is 3.93. The van der Waals surface area contributed by atoms with Gasteiger partial charge in [-0.1, -0.05) is 0 Å². The molecule has 0 saturated carbocycles. The van der Waals surface area contributed by atoms with Gasteiger partial charge in [-0.25, -0.2) is 0 Å². The molecular formula is C8H18Sn. The number of allylic oxidation sites excluding steroid dienone is 2. The molecule has 0 atom stereocenters. The number of hydrogen-bond acceptors (Lipinski definition) is 0. The summed E-state index contributed by atoms with van der Waals surface area (Å²) in [6.45, 7) is 6.81. The van der Waals surface area contributed by atoms with Crippen molar-refractivity contribution in [1.29, 1.82) is 0 Å². The molecular weight excluding hydrogens is 215 g/mol. The van der Waals surface area contributed by atoms with Crippen molar-refractivity contribution in [3.8, 4) is 0 Å². The molecule has 0 nitrogen and oxygen atoms in total. The van der Waals surface area contributed by atoms with Gasteiger partial charge in [0.05, 0.1) is 0 Å². The minimum atomic E-state index is 0.777. The van der Waals surface area contributed by atoms with Crippen molar-refractivity contribution in [1.82, 2.24) is 0 Å². The summed E-state index contributed by atoms with van der Waals surface area (Å²) in [5, 5.41) is 0. The van der Waals surface area contributed by atoms with Crippen LogP contribution < -0.4 is 0 Å². The first kappa shape index (κ1) is 9.54. The predicted molar refractivity (Wildman–Crippen MR) is 47.8 cm³/mol. The van der Waals surface area contributed by atoms with Gasteiger partial charge >= 0.3 is 71.7 Å².